The quantitative estimate of drug-likeness (QED) is 0.767. The fourth-order valence-electron chi connectivity index (χ4n) is 3.85. The van der Waals surface area contributed by atoms with Gasteiger partial charge >= 0.3 is 0 Å². The summed E-state index contributed by atoms with van der Waals surface area (Å²) >= 11 is 0. The Kier molecular flexibility index (Phi) is 5.25. The van der Waals surface area contributed by atoms with Crippen LogP contribution in [0.5, 0.6) is 0 Å². The Hall–Kier alpha value is -0.340. The Morgan fingerprint density at radius 1 is 1.11 bits per heavy atom. The number of rotatable bonds is 4. The minimum Gasteiger partial charge on any atom is -0.376 e. The molecule has 2 aliphatic carbocycles. The van der Waals surface area contributed by atoms with Crippen molar-refractivity contribution in [2.24, 2.45) is 0 Å². The molecule has 2 aliphatic rings. The maximum Gasteiger partial charge on any atom is 0.0869 e. The molecule has 1 atom stereocenters. The van der Waals surface area contributed by atoms with Crippen LogP contribution in [0.3, 0.4) is 0 Å². The van der Waals surface area contributed by atoms with Crippen LogP contribution in [0.1, 0.15) is 64.2 Å². The lowest BCUT2D eigenvalue weighted by atomic mass is 9.83. The van der Waals surface area contributed by atoms with E-state index in [9.17, 15) is 0 Å². The van der Waals surface area contributed by atoms with Gasteiger partial charge in [-0.2, -0.15) is 0 Å². The van der Waals surface area contributed by atoms with Crippen molar-refractivity contribution < 1.29 is 4.74 Å². The second kappa shape index (κ2) is 6.72. The predicted molar refractivity (Wildman–Crippen MR) is 76.8 cm³/mol. The third-order valence-electron chi connectivity index (χ3n) is 4.87. The van der Waals surface area contributed by atoms with Gasteiger partial charge in [-0.15, -0.1) is 0 Å². The average molecular weight is 251 g/mol. The fraction of sp³-hybridized carbons (Fsp3) is 0.875. The molecule has 0 bridgehead atoms. The third-order valence-corrected chi connectivity index (χ3v) is 4.87. The van der Waals surface area contributed by atoms with Crippen LogP contribution >= 0.6 is 0 Å². The normalized spacial score (nSPS) is 26.2. The lowest BCUT2D eigenvalue weighted by molar-refractivity contribution is -0.0251. The van der Waals surface area contributed by atoms with Crippen molar-refractivity contribution in [3.8, 4) is 0 Å². The Morgan fingerprint density at radius 2 is 1.83 bits per heavy atom. The molecule has 0 amide bonds. The third kappa shape index (κ3) is 2.97. The van der Waals surface area contributed by atoms with Crippen LogP contribution in [0.15, 0.2) is 11.6 Å². The van der Waals surface area contributed by atoms with Crippen LogP contribution in [0.25, 0.3) is 0 Å². The van der Waals surface area contributed by atoms with E-state index < -0.39 is 0 Å². The van der Waals surface area contributed by atoms with Crippen LogP contribution in [0, 0.1) is 0 Å². The molecule has 1 N–H and O–H groups in total. The van der Waals surface area contributed by atoms with Crippen molar-refractivity contribution in [3.05, 3.63) is 11.6 Å². The maximum atomic E-state index is 5.97. The Bertz CT molecular complexity index is 279. The molecule has 0 aromatic carbocycles. The minimum absolute atomic E-state index is 0.0692. The summed E-state index contributed by atoms with van der Waals surface area (Å²) in [6.07, 6.45) is 15.6. The number of allylic oxidation sites excluding steroid dienone is 1. The lowest BCUT2D eigenvalue weighted by Crippen LogP contribution is -2.50. The van der Waals surface area contributed by atoms with Crippen molar-refractivity contribution in [1.82, 2.24) is 5.32 Å². The lowest BCUT2D eigenvalue weighted by Gasteiger charge is -2.38. The molecule has 0 saturated heterocycles. The molecule has 0 aliphatic heterocycles. The highest BCUT2D eigenvalue weighted by Crippen LogP contribution is 2.39. The van der Waals surface area contributed by atoms with E-state index in [1.54, 1.807) is 5.57 Å². The van der Waals surface area contributed by atoms with Gasteiger partial charge in [0.2, 0.25) is 0 Å². The van der Waals surface area contributed by atoms with E-state index in [4.69, 9.17) is 4.74 Å². The summed E-state index contributed by atoms with van der Waals surface area (Å²) < 4.78 is 5.97. The Morgan fingerprint density at radius 3 is 2.50 bits per heavy atom. The van der Waals surface area contributed by atoms with Crippen LogP contribution in [-0.2, 0) is 4.74 Å². The van der Waals surface area contributed by atoms with E-state index >= 15 is 0 Å². The summed E-state index contributed by atoms with van der Waals surface area (Å²) in [5.74, 6) is 0. The van der Waals surface area contributed by atoms with E-state index in [1.165, 1.54) is 64.2 Å². The largest absolute Gasteiger partial charge is 0.376 e. The number of hydrogen-bond acceptors (Lipinski definition) is 2. The van der Waals surface area contributed by atoms with Gasteiger partial charge in [-0.05, 0) is 45.6 Å². The van der Waals surface area contributed by atoms with Gasteiger partial charge in [0.25, 0.3) is 0 Å². The van der Waals surface area contributed by atoms with Crippen molar-refractivity contribution in [1.29, 1.82) is 0 Å². The number of ether oxygens (including phenoxy) is 1. The van der Waals surface area contributed by atoms with E-state index in [0.717, 1.165) is 0 Å². The summed E-state index contributed by atoms with van der Waals surface area (Å²) in [7, 11) is 4.00. The molecular weight excluding hydrogens is 222 g/mol. The smallest absolute Gasteiger partial charge is 0.0869 e. The predicted octanol–water partition coefficient (Wildman–Crippen LogP) is 3.81. The highest BCUT2D eigenvalue weighted by atomic mass is 16.5. The number of hydrogen-bond donors (Lipinski definition) is 1. The molecule has 0 spiro atoms. The molecule has 0 heterocycles. The second-order valence-electron chi connectivity index (χ2n) is 5.93. The van der Waals surface area contributed by atoms with Gasteiger partial charge in [0.15, 0.2) is 0 Å². The molecular formula is C16H29NO. The van der Waals surface area contributed by atoms with Crippen LogP contribution in [0.2, 0.25) is 0 Å². The summed E-state index contributed by atoms with van der Waals surface area (Å²) in [4.78, 5) is 0. The van der Waals surface area contributed by atoms with Crippen LogP contribution in [0.4, 0.5) is 0 Å². The van der Waals surface area contributed by atoms with E-state index in [1.807, 2.05) is 7.11 Å². The van der Waals surface area contributed by atoms with Gasteiger partial charge in [-0.1, -0.05) is 37.3 Å². The molecule has 1 fully saturated rings. The van der Waals surface area contributed by atoms with Crippen molar-refractivity contribution in [2.75, 3.05) is 14.2 Å². The van der Waals surface area contributed by atoms with Gasteiger partial charge < -0.3 is 10.1 Å². The maximum absolute atomic E-state index is 5.97. The van der Waals surface area contributed by atoms with Crippen molar-refractivity contribution >= 4 is 0 Å². The zero-order valence-corrected chi connectivity index (χ0v) is 12.1. The first-order valence-electron chi connectivity index (χ1n) is 7.74. The zero-order valence-electron chi connectivity index (χ0n) is 12.1. The van der Waals surface area contributed by atoms with Crippen LogP contribution < -0.4 is 5.32 Å². The molecule has 104 valence electrons. The van der Waals surface area contributed by atoms with Gasteiger partial charge in [0, 0.05) is 7.11 Å². The van der Waals surface area contributed by atoms with Gasteiger partial charge in [0.1, 0.15) is 0 Å². The molecule has 2 heteroatoms. The summed E-state index contributed by atoms with van der Waals surface area (Å²) in [5, 5.41) is 3.56. The second-order valence-corrected chi connectivity index (χ2v) is 5.93. The first-order chi connectivity index (χ1) is 8.82. The molecule has 2 nitrogen and oxygen atoms in total. The van der Waals surface area contributed by atoms with E-state index in [-0.39, 0.29) is 5.60 Å². The van der Waals surface area contributed by atoms with Gasteiger partial charge in [-0.25, -0.2) is 0 Å². The fourth-order valence-corrected chi connectivity index (χ4v) is 3.85. The van der Waals surface area contributed by atoms with Gasteiger partial charge in [-0.3, -0.25) is 0 Å². The SMILES string of the molecule is CNC(C1=CCCCCCC1)C1(OC)CCCC1. The Balaban J connectivity index is 2.14. The van der Waals surface area contributed by atoms with Crippen LogP contribution in [-0.4, -0.2) is 25.8 Å². The van der Waals surface area contributed by atoms with Crippen molar-refractivity contribution in [2.45, 2.75) is 75.9 Å². The average Bonchev–Trinajstić information content (AvgIpc) is 2.82. The molecule has 0 aromatic heterocycles. The minimum atomic E-state index is 0.0692. The molecule has 1 unspecified atom stereocenters. The Labute approximate surface area is 112 Å². The molecule has 1 saturated carbocycles. The zero-order chi connectivity index (χ0) is 12.8. The summed E-state index contributed by atoms with van der Waals surface area (Å²) in [6.45, 7) is 0. The van der Waals surface area contributed by atoms with E-state index in [0.29, 0.717) is 6.04 Å². The summed E-state index contributed by atoms with van der Waals surface area (Å²) in [5.41, 5.74) is 1.68. The van der Waals surface area contributed by atoms with Gasteiger partial charge in [0.05, 0.1) is 11.6 Å². The topological polar surface area (TPSA) is 21.3 Å². The monoisotopic (exact) mass is 251 g/mol. The highest BCUT2D eigenvalue weighted by molar-refractivity contribution is 5.19. The highest BCUT2D eigenvalue weighted by Gasteiger charge is 2.42. The number of likely N-dealkylation sites (N-methyl/N-ethyl adjacent to an activating group) is 1. The summed E-state index contributed by atoms with van der Waals surface area (Å²) in [6, 6.07) is 0.433. The van der Waals surface area contributed by atoms with Crippen molar-refractivity contribution in [3.63, 3.8) is 0 Å². The molecule has 0 aromatic rings. The number of nitrogens with one attached hydrogen (secondary N) is 1. The molecule has 0 radical (unpaired) electrons. The molecule has 2 rings (SSSR count). The molecule has 18 heavy (non-hydrogen) atoms. The van der Waals surface area contributed by atoms with E-state index in [2.05, 4.69) is 18.4 Å². The first kappa shape index (κ1) is 14.1. The standard InChI is InChI=1S/C16H29NO/c1-17-15(16(18-2)12-8-9-13-16)14-10-6-4-3-5-7-11-14/h10,15,17H,3-9,11-13H2,1-2H3. The number of methoxy groups -OCH3 is 1. The first-order valence-corrected chi connectivity index (χ1v) is 7.74.